The first-order valence-electron chi connectivity index (χ1n) is 7.06. The molecule has 1 aromatic carbocycles. The third-order valence-electron chi connectivity index (χ3n) is 3.24. The van der Waals surface area contributed by atoms with Crippen LogP contribution in [0, 0.1) is 0 Å². The third-order valence-corrected chi connectivity index (χ3v) is 4.01. The normalized spacial score (nSPS) is 10.9. The monoisotopic (exact) mass is 373 g/mol. The Morgan fingerprint density at radius 3 is 2.42 bits per heavy atom. The molecule has 0 radical (unpaired) electrons. The molecule has 0 aliphatic carbocycles. The highest BCUT2D eigenvalue weighted by atomic mass is 35.5. The number of carbonyl (C=O) groups is 1. The Hall–Kier alpha value is -1.87. The predicted octanol–water partition coefficient (Wildman–Crippen LogP) is 1.34. The summed E-state index contributed by atoms with van der Waals surface area (Å²) in [6.45, 7) is 1.31. The fourth-order valence-electron chi connectivity index (χ4n) is 2.10. The maximum absolute atomic E-state index is 12.6. The second-order valence-corrected chi connectivity index (χ2v) is 6.55. The van der Waals surface area contributed by atoms with Gasteiger partial charge in [0, 0.05) is 19.2 Å². The molecule has 0 aliphatic heterocycles. The molecule has 1 heterocycles. The molecule has 0 spiro atoms. The van der Waals surface area contributed by atoms with E-state index in [1.54, 1.807) is 4.90 Å². The van der Waals surface area contributed by atoms with E-state index in [9.17, 15) is 13.2 Å². The third kappa shape index (κ3) is 5.34. The average molecular weight is 374 g/mol. The molecule has 0 saturated heterocycles. The molecular formula is C15H20ClN3O4S. The Bertz CT molecular complexity index is 762. The number of rotatable bonds is 7. The van der Waals surface area contributed by atoms with Crippen molar-refractivity contribution in [2.45, 2.75) is 18.1 Å². The number of furan rings is 1. The van der Waals surface area contributed by atoms with Crippen LogP contribution in [0.2, 0.25) is 0 Å². The lowest BCUT2D eigenvalue weighted by Gasteiger charge is -2.22. The Morgan fingerprint density at radius 2 is 1.88 bits per heavy atom. The summed E-state index contributed by atoms with van der Waals surface area (Å²) in [6.07, 6.45) is 1.74. The van der Waals surface area contributed by atoms with Gasteiger partial charge in [-0.2, -0.15) is 0 Å². The fraction of sp³-hybridized carbons (Fsp3) is 0.267. The molecule has 1 aromatic heterocycles. The summed E-state index contributed by atoms with van der Waals surface area (Å²) in [5, 5.41) is 4.56. The van der Waals surface area contributed by atoms with Crippen LogP contribution in [0.25, 0.3) is 0 Å². The van der Waals surface area contributed by atoms with Crippen LogP contribution in [0.4, 0.5) is 0 Å². The van der Waals surface area contributed by atoms with Crippen molar-refractivity contribution < 1.29 is 17.6 Å². The highest BCUT2D eigenvalue weighted by Crippen LogP contribution is 2.16. The van der Waals surface area contributed by atoms with Gasteiger partial charge in [-0.05, 0) is 18.5 Å². The van der Waals surface area contributed by atoms with Gasteiger partial charge in [0.1, 0.15) is 6.26 Å². The van der Waals surface area contributed by atoms with Crippen LogP contribution in [0.5, 0.6) is 0 Å². The number of nitrogens with zero attached hydrogens (tertiary/aromatic N) is 1. The molecular weight excluding hydrogens is 354 g/mol. The summed E-state index contributed by atoms with van der Waals surface area (Å²) in [4.78, 5) is 14.2. The highest BCUT2D eigenvalue weighted by molar-refractivity contribution is 7.89. The standard InChI is InChI=1S/C15H19N3O4S.ClH/c16-7-4-8-18(10-12-5-2-1-3-6-12)15(19)13-9-14(22-11-13)23(17,20)21;/h1-3,5-6,9,11H,4,7-8,10,16H2,(H2,17,20,21);1H. The average Bonchev–Trinajstić information content (AvgIpc) is 3.02. The molecule has 7 nitrogen and oxygen atoms in total. The van der Waals surface area contributed by atoms with Crippen molar-refractivity contribution in [3.63, 3.8) is 0 Å². The molecule has 9 heteroatoms. The van der Waals surface area contributed by atoms with E-state index < -0.39 is 15.1 Å². The minimum atomic E-state index is -3.97. The quantitative estimate of drug-likeness (QED) is 0.758. The van der Waals surface area contributed by atoms with Gasteiger partial charge >= 0.3 is 0 Å². The molecule has 24 heavy (non-hydrogen) atoms. The number of hydrogen-bond donors (Lipinski definition) is 2. The van der Waals surface area contributed by atoms with Crippen LogP contribution in [-0.2, 0) is 16.6 Å². The van der Waals surface area contributed by atoms with Gasteiger partial charge in [0.15, 0.2) is 0 Å². The Balaban J connectivity index is 0.00000288. The second kappa shape index (κ2) is 8.84. The summed E-state index contributed by atoms with van der Waals surface area (Å²) < 4.78 is 27.4. The van der Waals surface area contributed by atoms with E-state index in [0.29, 0.717) is 26.1 Å². The largest absolute Gasteiger partial charge is 0.451 e. The topological polar surface area (TPSA) is 120 Å². The number of halogens is 1. The second-order valence-electron chi connectivity index (χ2n) is 5.05. The smallest absolute Gasteiger partial charge is 0.271 e. The van der Waals surface area contributed by atoms with Gasteiger partial charge in [0.25, 0.3) is 15.9 Å². The first kappa shape index (κ1) is 20.2. The summed E-state index contributed by atoms with van der Waals surface area (Å²) in [6, 6.07) is 10.6. The molecule has 0 saturated carbocycles. The van der Waals surface area contributed by atoms with Gasteiger partial charge in [0.2, 0.25) is 5.09 Å². The van der Waals surface area contributed by atoms with Crippen LogP contribution >= 0.6 is 12.4 Å². The van der Waals surface area contributed by atoms with Crippen molar-refractivity contribution in [3.8, 4) is 0 Å². The Morgan fingerprint density at radius 1 is 1.21 bits per heavy atom. The zero-order chi connectivity index (χ0) is 16.9. The zero-order valence-corrected chi connectivity index (χ0v) is 14.6. The first-order valence-corrected chi connectivity index (χ1v) is 8.61. The number of carbonyl (C=O) groups excluding carboxylic acids is 1. The predicted molar refractivity (Wildman–Crippen MR) is 92.2 cm³/mol. The van der Waals surface area contributed by atoms with Gasteiger partial charge < -0.3 is 15.1 Å². The van der Waals surface area contributed by atoms with Crippen molar-refractivity contribution >= 4 is 28.3 Å². The first-order chi connectivity index (χ1) is 10.9. The lowest BCUT2D eigenvalue weighted by atomic mass is 10.2. The molecule has 0 bridgehead atoms. The van der Waals surface area contributed by atoms with Gasteiger partial charge in [-0.25, -0.2) is 13.6 Å². The fourth-order valence-corrected chi connectivity index (χ4v) is 2.57. The number of nitrogens with two attached hydrogens (primary N) is 2. The van der Waals surface area contributed by atoms with E-state index in [1.165, 1.54) is 0 Å². The molecule has 0 unspecified atom stereocenters. The maximum Gasteiger partial charge on any atom is 0.271 e. The van der Waals surface area contributed by atoms with Crippen LogP contribution in [-0.4, -0.2) is 32.3 Å². The van der Waals surface area contributed by atoms with Crippen LogP contribution in [0.3, 0.4) is 0 Å². The van der Waals surface area contributed by atoms with Crippen molar-refractivity contribution in [3.05, 3.63) is 53.8 Å². The van der Waals surface area contributed by atoms with E-state index in [4.69, 9.17) is 15.3 Å². The molecule has 2 rings (SSSR count). The molecule has 1 amide bonds. The minimum absolute atomic E-state index is 0. The van der Waals surface area contributed by atoms with E-state index in [-0.39, 0.29) is 23.9 Å². The summed E-state index contributed by atoms with van der Waals surface area (Å²) in [7, 11) is -3.97. The van der Waals surface area contributed by atoms with Crippen LogP contribution in [0.1, 0.15) is 22.3 Å². The minimum Gasteiger partial charge on any atom is -0.451 e. The summed E-state index contributed by atoms with van der Waals surface area (Å²) >= 11 is 0. The highest BCUT2D eigenvalue weighted by Gasteiger charge is 2.21. The molecule has 132 valence electrons. The number of sulfonamides is 1. The van der Waals surface area contributed by atoms with Crippen molar-refractivity contribution in [1.29, 1.82) is 0 Å². The van der Waals surface area contributed by atoms with Crippen molar-refractivity contribution in [1.82, 2.24) is 4.90 Å². The van der Waals surface area contributed by atoms with Crippen molar-refractivity contribution in [2.75, 3.05) is 13.1 Å². The maximum atomic E-state index is 12.6. The summed E-state index contributed by atoms with van der Waals surface area (Å²) in [5.41, 5.74) is 6.62. The van der Waals surface area contributed by atoms with E-state index in [0.717, 1.165) is 17.9 Å². The van der Waals surface area contributed by atoms with Gasteiger partial charge in [-0.1, -0.05) is 30.3 Å². The van der Waals surface area contributed by atoms with Crippen LogP contribution < -0.4 is 10.9 Å². The van der Waals surface area contributed by atoms with Crippen LogP contribution in [0.15, 0.2) is 52.2 Å². The molecule has 2 aromatic rings. The molecule has 0 aliphatic rings. The number of primary sulfonamides is 1. The number of hydrogen-bond acceptors (Lipinski definition) is 5. The number of amides is 1. The lowest BCUT2D eigenvalue weighted by molar-refractivity contribution is 0.0741. The van der Waals surface area contributed by atoms with E-state index >= 15 is 0 Å². The van der Waals surface area contributed by atoms with E-state index in [1.807, 2.05) is 30.3 Å². The van der Waals surface area contributed by atoms with Gasteiger partial charge in [-0.3, -0.25) is 4.79 Å². The van der Waals surface area contributed by atoms with Gasteiger partial charge in [-0.15, -0.1) is 12.4 Å². The Kier molecular flexibility index (Phi) is 7.43. The number of benzene rings is 1. The zero-order valence-electron chi connectivity index (χ0n) is 12.9. The van der Waals surface area contributed by atoms with Gasteiger partial charge in [0.05, 0.1) is 5.56 Å². The molecule has 0 fully saturated rings. The van der Waals surface area contributed by atoms with E-state index in [2.05, 4.69) is 0 Å². The summed E-state index contributed by atoms with van der Waals surface area (Å²) in [5.74, 6) is -0.332. The SMILES string of the molecule is Cl.NCCCN(Cc1ccccc1)C(=O)c1coc(S(N)(=O)=O)c1. The Labute approximate surface area is 147 Å². The lowest BCUT2D eigenvalue weighted by Crippen LogP contribution is -2.32. The molecule has 0 atom stereocenters. The molecule has 4 N–H and O–H groups in total. The van der Waals surface area contributed by atoms with Crippen molar-refractivity contribution in [2.24, 2.45) is 10.9 Å².